The summed E-state index contributed by atoms with van der Waals surface area (Å²) in [6.45, 7) is 8.89. The van der Waals surface area contributed by atoms with Crippen LogP contribution in [0.1, 0.15) is 11.1 Å². The van der Waals surface area contributed by atoms with Crippen molar-refractivity contribution < 1.29 is 48.1 Å². The monoisotopic (exact) mass is 730 g/mol. The zero-order valence-electron chi connectivity index (χ0n) is 26.4. The normalized spacial score (nSPS) is 10.4. The average molecular weight is 733 g/mol. The summed E-state index contributed by atoms with van der Waals surface area (Å²) in [4.78, 5) is 9.09. The van der Waals surface area contributed by atoms with E-state index >= 15 is 0 Å². The van der Waals surface area contributed by atoms with Crippen molar-refractivity contribution in [2.75, 3.05) is 0 Å². The van der Waals surface area contributed by atoms with E-state index in [1.54, 1.807) is 23.3 Å². The second kappa shape index (κ2) is 15.9. The van der Waals surface area contributed by atoms with Gasteiger partial charge in [0.1, 0.15) is 0 Å². The number of aromatic nitrogens is 2. The number of halogens is 2. The molecule has 0 radical (unpaired) electrons. The molecule has 0 N–H and O–H groups in total. The fraction of sp³-hybridized carbons (Fsp3) is 0.100. The number of rotatable bonds is 2. The third-order valence-electron chi connectivity index (χ3n) is 7.59. The number of benzene rings is 4. The molecule has 0 aliphatic rings. The maximum Gasteiger partial charge on any atom is 0.0772 e. The standard InChI is InChI=1S/2C19H14N.C2H6Si.2ClH.Zr/c2*1-13-10-15-7-8-16(12-17(15)11-13)18-6-2-4-14-5-3-9-20-19(14)18;1-3-2;;;/h2*2-12H,1H3;1-2H3;2*1H;/q2*-1;;;;+2/p-2. The molecular weight excluding hydrogens is 699 g/mol. The van der Waals surface area contributed by atoms with Crippen molar-refractivity contribution in [1.29, 1.82) is 0 Å². The number of hydrogen-bond acceptors (Lipinski definition) is 2. The van der Waals surface area contributed by atoms with Crippen molar-refractivity contribution >= 4 is 48.8 Å². The predicted molar refractivity (Wildman–Crippen MR) is 188 cm³/mol. The fourth-order valence-electron chi connectivity index (χ4n) is 5.74. The van der Waals surface area contributed by atoms with Crippen molar-refractivity contribution in [3.63, 3.8) is 0 Å². The molecule has 0 atom stereocenters. The van der Waals surface area contributed by atoms with E-state index < -0.39 is 0 Å². The number of aryl methyl sites for hydroxylation is 2. The quantitative estimate of drug-likeness (QED) is 0.186. The van der Waals surface area contributed by atoms with Gasteiger partial charge < -0.3 is 24.8 Å². The molecule has 228 valence electrons. The molecule has 0 saturated heterocycles. The van der Waals surface area contributed by atoms with E-state index in [1.807, 2.05) is 24.5 Å². The molecule has 0 aliphatic carbocycles. The van der Waals surface area contributed by atoms with Gasteiger partial charge in [0.2, 0.25) is 0 Å². The predicted octanol–water partition coefficient (Wildman–Crippen LogP) is 4.96. The van der Waals surface area contributed by atoms with Crippen molar-refractivity contribution in [2.24, 2.45) is 0 Å². The van der Waals surface area contributed by atoms with Gasteiger partial charge in [0.25, 0.3) is 0 Å². The number of pyridine rings is 2. The zero-order valence-corrected chi connectivity index (χ0v) is 31.3. The summed E-state index contributed by atoms with van der Waals surface area (Å²) in [6, 6.07) is 43.1. The Morgan fingerprint density at radius 1 is 0.522 bits per heavy atom. The molecule has 0 spiro atoms. The third kappa shape index (κ3) is 8.11. The van der Waals surface area contributed by atoms with Crippen LogP contribution in [0.15, 0.2) is 134 Å². The SMILES string of the molecule is C[Si](C)=[Zr+2].Cc1cc2ccc(-c3cccc4cccnc34)cc2[cH-]1.Cc1cc2ccc(-c3cccc4cccnc34)cc2[cH-]1.[Cl-].[Cl-]. The molecule has 2 heterocycles. The summed E-state index contributed by atoms with van der Waals surface area (Å²) >= 11 is 1.74. The van der Waals surface area contributed by atoms with Gasteiger partial charge in [-0.1, -0.05) is 85.6 Å². The van der Waals surface area contributed by atoms with Gasteiger partial charge in [0.15, 0.2) is 0 Å². The van der Waals surface area contributed by atoms with Gasteiger partial charge in [0.05, 0.1) is 11.0 Å². The van der Waals surface area contributed by atoms with Gasteiger partial charge in [-0.15, -0.1) is 69.1 Å². The fourth-order valence-corrected chi connectivity index (χ4v) is 5.74. The summed E-state index contributed by atoms with van der Waals surface area (Å²) in [5.74, 6) is 0. The van der Waals surface area contributed by atoms with E-state index in [0.717, 1.165) is 11.0 Å². The van der Waals surface area contributed by atoms with E-state index in [4.69, 9.17) is 0 Å². The number of hydrogen-bond donors (Lipinski definition) is 0. The van der Waals surface area contributed by atoms with Crippen LogP contribution in [0.2, 0.25) is 13.1 Å². The molecule has 46 heavy (non-hydrogen) atoms. The molecule has 0 bridgehead atoms. The van der Waals surface area contributed by atoms with E-state index in [0.29, 0.717) is 0 Å². The number of para-hydroxylation sites is 2. The molecule has 2 nitrogen and oxygen atoms in total. The number of nitrogens with zero attached hydrogens (tertiary/aromatic N) is 2. The van der Waals surface area contributed by atoms with Crippen LogP contribution in [0.4, 0.5) is 0 Å². The van der Waals surface area contributed by atoms with Crippen molar-refractivity contribution in [3.05, 3.63) is 145 Å². The third-order valence-corrected chi connectivity index (χ3v) is 7.59. The first-order valence-corrected chi connectivity index (χ1v) is 21.1. The van der Waals surface area contributed by atoms with Gasteiger partial charge in [-0.3, -0.25) is 9.97 Å². The maximum absolute atomic E-state index is 4.54. The minimum absolute atomic E-state index is 0. The molecule has 0 fully saturated rings. The van der Waals surface area contributed by atoms with Crippen LogP contribution in [0.5, 0.6) is 0 Å². The first-order valence-electron chi connectivity index (χ1n) is 14.9. The topological polar surface area (TPSA) is 25.8 Å². The Balaban J connectivity index is 0.000000180. The minimum atomic E-state index is 0. The molecule has 8 rings (SSSR count). The average Bonchev–Trinajstić information content (AvgIpc) is 3.60. The maximum atomic E-state index is 4.54. The summed E-state index contributed by atoms with van der Waals surface area (Å²) in [7, 11) is 0. The molecule has 0 aliphatic heterocycles. The zero-order chi connectivity index (χ0) is 30.6. The van der Waals surface area contributed by atoms with Crippen LogP contribution in [0.3, 0.4) is 0 Å². The summed E-state index contributed by atoms with van der Waals surface area (Å²) < 4.78 is 0. The second-order valence-electron chi connectivity index (χ2n) is 11.5. The van der Waals surface area contributed by atoms with Crippen LogP contribution in [-0.2, 0) is 23.3 Å². The van der Waals surface area contributed by atoms with Gasteiger partial charge in [-0.05, 0) is 23.3 Å². The molecule has 8 aromatic rings. The summed E-state index contributed by atoms with van der Waals surface area (Å²) in [5.41, 5.74) is 9.83. The van der Waals surface area contributed by atoms with Gasteiger partial charge in [-0.25, -0.2) is 0 Å². The molecule has 6 aromatic carbocycles. The van der Waals surface area contributed by atoms with E-state index in [1.165, 1.54) is 65.7 Å². The Kier molecular flexibility index (Phi) is 12.3. The van der Waals surface area contributed by atoms with Crippen LogP contribution >= 0.6 is 0 Å². The smallest absolute Gasteiger partial charge is 0.0772 e. The number of fused-ring (bicyclic) bond motifs is 4. The van der Waals surface area contributed by atoms with Crippen LogP contribution in [-0.4, -0.2) is 15.4 Å². The Morgan fingerprint density at radius 2 is 0.913 bits per heavy atom. The molecular formula is C40H34Cl2N2SiZr-2. The Labute approximate surface area is 298 Å². The van der Waals surface area contributed by atoms with Crippen LogP contribution in [0.25, 0.3) is 65.6 Å². The summed E-state index contributed by atoms with van der Waals surface area (Å²) in [6.07, 6.45) is 3.72. The van der Waals surface area contributed by atoms with Crippen LogP contribution < -0.4 is 24.8 Å². The van der Waals surface area contributed by atoms with E-state index in [-0.39, 0.29) is 30.2 Å². The minimum Gasteiger partial charge on any atom is -1.00 e. The van der Waals surface area contributed by atoms with Crippen LogP contribution in [0, 0.1) is 13.8 Å². The molecule has 0 unspecified atom stereocenters. The first-order chi connectivity index (χ1) is 21.4. The van der Waals surface area contributed by atoms with E-state index in [9.17, 15) is 0 Å². The Hall–Kier alpha value is -3.40. The van der Waals surface area contributed by atoms with Crippen molar-refractivity contribution in [1.82, 2.24) is 9.97 Å². The molecule has 0 amide bonds. The summed E-state index contributed by atoms with van der Waals surface area (Å²) in [5, 5.41) is 7.58. The first kappa shape index (κ1) is 35.5. The van der Waals surface area contributed by atoms with Crippen molar-refractivity contribution in [2.45, 2.75) is 26.9 Å². The van der Waals surface area contributed by atoms with Crippen molar-refractivity contribution in [3.8, 4) is 22.3 Å². The largest absolute Gasteiger partial charge is 1.00 e. The van der Waals surface area contributed by atoms with Gasteiger partial charge in [0, 0.05) is 23.2 Å². The van der Waals surface area contributed by atoms with Gasteiger partial charge >= 0.3 is 41.9 Å². The van der Waals surface area contributed by atoms with E-state index in [2.05, 4.69) is 146 Å². The molecule has 2 aromatic heterocycles. The molecule has 0 saturated carbocycles. The second-order valence-corrected chi connectivity index (χ2v) is 20.9. The molecule has 6 heteroatoms. The Bertz CT molecular complexity index is 2100. The Morgan fingerprint density at radius 3 is 1.33 bits per heavy atom. The van der Waals surface area contributed by atoms with Gasteiger partial charge in [-0.2, -0.15) is 12.1 Å².